The van der Waals surface area contributed by atoms with Gasteiger partial charge in [-0.1, -0.05) is 0 Å². The lowest BCUT2D eigenvalue weighted by atomic mass is 10.1. The Morgan fingerprint density at radius 2 is 2.20 bits per heavy atom. The Labute approximate surface area is 95.6 Å². The van der Waals surface area contributed by atoms with Crippen LogP contribution < -0.4 is 0 Å². The van der Waals surface area contributed by atoms with Gasteiger partial charge < -0.3 is 4.74 Å². The minimum atomic E-state index is 0.0809. The molecule has 15 heavy (non-hydrogen) atoms. The van der Waals surface area contributed by atoms with E-state index in [0.29, 0.717) is 6.10 Å². The second-order valence-electron chi connectivity index (χ2n) is 4.14. The molecule has 1 aliphatic heterocycles. The van der Waals surface area contributed by atoms with Crippen LogP contribution in [0.2, 0.25) is 0 Å². The quantitative estimate of drug-likeness (QED) is 0.738. The topological polar surface area (TPSA) is 22.1 Å². The van der Waals surface area contributed by atoms with Crippen LogP contribution in [-0.2, 0) is 11.2 Å². The molecule has 3 heteroatoms. The van der Waals surface area contributed by atoms with Crippen molar-refractivity contribution in [3.05, 3.63) is 30.1 Å². The number of rotatable bonds is 3. The molecule has 2 heterocycles. The number of ether oxygens (including phenoxy) is 1. The molecule has 1 saturated heterocycles. The summed E-state index contributed by atoms with van der Waals surface area (Å²) in [5.74, 6) is 0. The molecular formula is C12H16ClNO. The number of hydrogen-bond donors (Lipinski definition) is 0. The average Bonchev–Trinajstić information content (AvgIpc) is 2.66. The van der Waals surface area contributed by atoms with E-state index in [2.05, 4.69) is 11.9 Å². The first-order valence-corrected chi connectivity index (χ1v) is 5.88. The fourth-order valence-electron chi connectivity index (χ4n) is 1.98. The van der Waals surface area contributed by atoms with Crippen LogP contribution in [0, 0.1) is 0 Å². The molecule has 2 rings (SSSR count). The largest absolute Gasteiger partial charge is 0.374 e. The molecule has 1 aromatic heterocycles. The van der Waals surface area contributed by atoms with Crippen LogP contribution in [0.15, 0.2) is 24.5 Å². The summed E-state index contributed by atoms with van der Waals surface area (Å²) in [6.07, 6.45) is 7.27. The van der Waals surface area contributed by atoms with Crippen molar-refractivity contribution in [1.82, 2.24) is 4.98 Å². The highest BCUT2D eigenvalue weighted by Crippen LogP contribution is 2.26. The van der Waals surface area contributed by atoms with Crippen molar-refractivity contribution in [2.45, 2.75) is 43.8 Å². The van der Waals surface area contributed by atoms with Gasteiger partial charge in [-0.15, -0.1) is 11.6 Å². The van der Waals surface area contributed by atoms with E-state index in [1.807, 2.05) is 12.1 Å². The summed E-state index contributed by atoms with van der Waals surface area (Å²) in [7, 11) is 0. The maximum atomic E-state index is 6.34. The number of aromatic nitrogens is 1. The van der Waals surface area contributed by atoms with Gasteiger partial charge in [-0.25, -0.2) is 0 Å². The highest BCUT2D eigenvalue weighted by Gasteiger charge is 2.28. The standard InChI is InChI=1S/C12H16ClNO/c1-9-2-3-12(15-9)11(13)8-10-4-6-14-7-5-10/h4-7,9,11-12H,2-3,8H2,1H3. The molecule has 0 N–H and O–H groups in total. The minimum absolute atomic E-state index is 0.0809. The fourth-order valence-corrected chi connectivity index (χ4v) is 2.34. The first-order chi connectivity index (χ1) is 7.25. The molecule has 0 aliphatic carbocycles. The Bertz CT molecular complexity index is 304. The van der Waals surface area contributed by atoms with Crippen LogP contribution in [-0.4, -0.2) is 22.6 Å². The van der Waals surface area contributed by atoms with E-state index in [-0.39, 0.29) is 11.5 Å². The second-order valence-corrected chi connectivity index (χ2v) is 4.70. The van der Waals surface area contributed by atoms with Gasteiger partial charge >= 0.3 is 0 Å². The van der Waals surface area contributed by atoms with E-state index in [1.54, 1.807) is 12.4 Å². The van der Waals surface area contributed by atoms with Crippen LogP contribution >= 0.6 is 11.6 Å². The number of nitrogens with zero attached hydrogens (tertiary/aromatic N) is 1. The number of halogens is 1. The van der Waals surface area contributed by atoms with Gasteiger partial charge in [-0.05, 0) is 43.9 Å². The Balaban J connectivity index is 1.90. The zero-order valence-corrected chi connectivity index (χ0v) is 9.65. The van der Waals surface area contributed by atoms with E-state index >= 15 is 0 Å². The Kier molecular flexibility index (Phi) is 3.60. The summed E-state index contributed by atoms with van der Waals surface area (Å²) >= 11 is 6.34. The average molecular weight is 226 g/mol. The zero-order valence-electron chi connectivity index (χ0n) is 8.90. The third kappa shape index (κ3) is 2.93. The molecule has 3 unspecified atom stereocenters. The molecule has 3 atom stereocenters. The minimum Gasteiger partial charge on any atom is -0.374 e. The maximum absolute atomic E-state index is 6.34. The molecule has 1 aliphatic rings. The van der Waals surface area contributed by atoms with E-state index < -0.39 is 0 Å². The van der Waals surface area contributed by atoms with Crippen LogP contribution in [0.25, 0.3) is 0 Å². The first-order valence-electron chi connectivity index (χ1n) is 5.44. The van der Waals surface area contributed by atoms with Crippen LogP contribution in [0.3, 0.4) is 0 Å². The maximum Gasteiger partial charge on any atom is 0.0746 e. The van der Waals surface area contributed by atoms with Crippen molar-refractivity contribution < 1.29 is 4.74 Å². The second kappa shape index (κ2) is 4.95. The van der Waals surface area contributed by atoms with Crippen molar-refractivity contribution in [1.29, 1.82) is 0 Å². The number of hydrogen-bond acceptors (Lipinski definition) is 2. The molecule has 0 aromatic carbocycles. The van der Waals surface area contributed by atoms with Gasteiger partial charge in [-0.2, -0.15) is 0 Å². The molecule has 1 aromatic rings. The van der Waals surface area contributed by atoms with Crippen LogP contribution in [0.4, 0.5) is 0 Å². The van der Waals surface area contributed by atoms with E-state index in [4.69, 9.17) is 16.3 Å². The molecule has 0 bridgehead atoms. The summed E-state index contributed by atoms with van der Waals surface area (Å²) in [4.78, 5) is 3.99. The Morgan fingerprint density at radius 3 is 2.80 bits per heavy atom. The molecule has 0 radical (unpaired) electrons. The summed E-state index contributed by atoms with van der Waals surface area (Å²) in [6.45, 7) is 2.11. The lowest BCUT2D eigenvalue weighted by Gasteiger charge is -2.17. The normalized spacial score (nSPS) is 27.9. The SMILES string of the molecule is CC1CCC(C(Cl)Cc2ccncc2)O1. The molecule has 0 spiro atoms. The van der Waals surface area contributed by atoms with Gasteiger partial charge in [0.25, 0.3) is 0 Å². The third-order valence-corrected chi connectivity index (χ3v) is 3.28. The monoisotopic (exact) mass is 225 g/mol. The summed E-state index contributed by atoms with van der Waals surface area (Å²) in [6, 6.07) is 4.02. The molecule has 82 valence electrons. The third-order valence-electron chi connectivity index (χ3n) is 2.85. The Hall–Kier alpha value is -0.600. The smallest absolute Gasteiger partial charge is 0.0746 e. The summed E-state index contributed by atoms with van der Waals surface area (Å²) in [5.41, 5.74) is 1.23. The molecule has 0 amide bonds. The van der Waals surface area contributed by atoms with Gasteiger partial charge in [0, 0.05) is 12.4 Å². The van der Waals surface area contributed by atoms with E-state index in [1.165, 1.54) is 5.56 Å². The fraction of sp³-hybridized carbons (Fsp3) is 0.583. The van der Waals surface area contributed by atoms with Crippen molar-refractivity contribution >= 4 is 11.6 Å². The van der Waals surface area contributed by atoms with Crippen molar-refractivity contribution in [3.63, 3.8) is 0 Å². The predicted molar refractivity (Wildman–Crippen MR) is 61.2 cm³/mol. The van der Waals surface area contributed by atoms with Gasteiger partial charge in [0.05, 0.1) is 17.6 Å². The summed E-state index contributed by atoms with van der Waals surface area (Å²) < 4.78 is 5.75. The summed E-state index contributed by atoms with van der Waals surface area (Å²) in [5, 5.41) is 0.0809. The highest BCUT2D eigenvalue weighted by atomic mass is 35.5. The van der Waals surface area contributed by atoms with Gasteiger partial charge in [0.1, 0.15) is 0 Å². The van der Waals surface area contributed by atoms with E-state index in [9.17, 15) is 0 Å². The van der Waals surface area contributed by atoms with Gasteiger partial charge in [-0.3, -0.25) is 4.98 Å². The van der Waals surface area contributed by atoms with E-state index in [0.717, 1.165) is 19.3 Å². The Morgan fingerprint density at radius 1 is 1.47 bits per heavy atom. The first kappa shape index (κ1) is 10.9. The highest BCUT2D eigenvalue weighted by molar-refractivity contribution is 6.21. The van der Waals surface area contributed by atoms with Crippen LogP contribution in [0.5, 0.6) is 0 Å². The number of alkyl halides is 1. The van der Waals surface area contributed by atoms with Gasteiger partial charge in [0.15, 0.2) is 0 Å². The zero-order chi connectivity index (χ0) is 10.7. The van der Waals surface area contributed by atoms with Gasteiger partial charge in [0.2, 0.25) is 0 Å². The molecule has 2 nitrogen and oxygen atoms in total. The molecule has 0 saturated carbocycles. The van der Waals surface area contributed by atoms with Crippen molar-refractivity contribution in [2.75, 3.05) is 0 Å². The van der Waals surface area contributed by atoms with Crippen LogP contribution in [0.1, 0.15) is 25.3 Å². The lowest BCUT2D eigenvalue weighted by Crippen LogP contribution is -2.23. The molecular weight excluding hydrogens is 210 g/mol. The predicted octanol–water partition coefficient (Wildman–Crippen LogP) is 2.80. The lowest BCUT2D eigenvalue weighted by molar-refractivity contribution is 0.0535. The van der Waals surface area contributed by atoms with Crippen molar-refractivity contribution in [3.8, 4) is 0 Å². The van der Waals surface area contributed by atoms with Crippen molar-refractivity contribution in [2.24, 2.45) is 0 Å². The number of pyridine rings is 1. The molecule has 1 fully saturated rings.